The van der Waals surface area contributed by atoms with Gasteiger partial charge in [0.05, 0.1) is 24.6 Å². The average molecular weight is 331 g/mol. The maximum Gasteiger partial charge on any atom is 0.255 e. The molecule has 1 aliphatic heterocycles. The molecule has 0 unspecified atom stereocenters. The third-order valence-corrected chi connectivity index (χ3v) is 4.11. The van der Waals surface area contributed by atoms with Crippen molar-refractivity contribution in [2.45, 2.75) is 6.92 Å². The fourth-order valence-corrected chi connectivity index (χ4v) is 2.76. The van der Waals surface area contributed by atoms with Gasteiger partial charge in [-0.15, -0.1) is 0 Å². The highest BCUT2D eigenvalue weighted by Crippen LogP contribution is 2.30. The van der Waals surface area contributed by atoms with Crippen LogP contribution in [0.4, 0.5) is 11.4 Å². The molecule has 0 aromatic heterocycles. The van der Waals surface area contributed by atoms with Crippen LogP contribution in [0.1, 0.15) is 15.9 Å². The lowest BCUT2D eigenvalue weighted by Gasteiger charge is -2.30. The van der Waals surface area contributed by atoms with Gasteiger partial charge in [-0.3, -0.25) is 4.79 Å². The molecule has 1 amide bonds. The molecule has 3 rings (SSSR count). The first-order valence-corrected chi connectivity index (χ1v) is 8.01. The molecule has 4 nitrogen and oxygen atoms in total. The summed E-state index contributed by atoms with van der Waals surface area (Å²) >= 11 is 6.11. The van der Waals surface area contributed by atoms with Crippen molar-refractivity contribution < 1.29 is 9.53 Å². The molecule has 1 fully saturated rings. The Hall–Kier alpha value is -2.04. The van der Waals surface area contributed by atoms with Crippen molar-refractivity contribution in [3.63, 3.8) is 0 Å². The number of morpholine rings is 1. The highest BCUT2D eigenvalue weighted by Gasteiger charge is 2.17. The van der Waals surface area contributed by atoms with Gasteiger partial charge in [0.2, 0.25) is 0 Å². The van der Waals surface area contributed by atoms with Gasteiger partial charge in [-0.25, -0.2) is 0 Å². The van der Waals surface area contributed by atoms with E-state index >= 15 is 0 Å². The summed E-state index contributed by atoms with van der Waals surface area (Å²) in [4.78, 5) is 14.7. The maximum atomic E-state index is 12.5. The van der Waals surface area contributed by atoms with E-state index in [-0.39, 0.29) is 5.91 Å². The molecule has 2 aromatic rings. The minimum absolute atomic E-state index is 0.137. The van der Waals surface area contributed by atoms with Crippen LogP contribution in [-0.2, 0) is 4.74 Å². The zero-order valence-electron chi connectivity index (χ0n) is 13.0. The van der Waals surface area contributed by atoms with Crippen molar-refractivity contribution in [1.29, 1.82) is 0 Å². The lowest BCUT2D eigenvalue weighted by molar-refractivity contribution is 0.102. The molecule has 0 spiro atoms. The van der Waals surface area contributed by atoms with E-state index in [9.17, 15) is 4.79 Å². The second-order valence-electron chi connectivity index (χ2n) is 5.58. The predicted octanol–water partition coefficient (Wildman–Crippen LogP) is 3.74. The van der Waals surface area contributed by atoms with Gasteiger partial charge in [-0.2, -0.15) is 0 Å². The molecule has 0 saturated carbocycles. The van der Waals surface area contributed by atoms with E-state index in [0.29, 0.717) is 23.8 Å². The summed E-state index contributed by atoms with van der Waals surface area (Å²) in [5.74, 6) is -0.137. The Morgan fingerprint density at radius 1 is 1.13 bits per heavy atom. The number of nitrogens with zero attached hydrogens (tertiary/aromatic N) is 1. The first-order chi connectivity index (χ1) is 11.1. The first kappa shape index (κ1) is 15.8. The molecule has 23 heavy (non-hydrogen) atoms. The van der Waals surface area contributed by atoms with Gasteiger partial charge in [-0.05, 0) is 37.3 Å². The Labute approximate surface area is 141 Å². The summed E-state index contributed by atoms with van der Waals surface area (Å²) in [5, 5.41) is 3.58. The fraction of sp³-hybridized carbons (Fsp3) is 0.278. The number of ether oxygens (including phenoxy) is 1. The molecule has 5 heteroatoms. The normalized spacial score (nSPS) is 14.6. The summed E-state index contributed by atoms with van der Waals surface area (Å²) in [6.07, 6.45) is 0. The smallest absolute Gasteiger partial charge is 0.255 e. The Bertz CT molecular complexity index is 695. The number of rotatable bonds is 3. The van der Waals surface area contributed by atoms with Crippen molar-refractivity contribution in [2.24, 2.45) is 0 Å². The number of aryl methyl sites for hydroxylation is 1. The van der Waals surface area contributed by atoms with Crippen LogP contribution in [0.25, 0.3) is 0 Å². The first-order valence-electron chi connectivity index (χ1n) is 7.64. The molecule has 0 atom stereocenters. The van der Waals surface area contributed by atoms with Crippen LogP contribution in [0.3, 0.4) is 0 Å². The molecule has 2 aromatic carbocycles. The number of hydrogen-bond donors (Lipinski definition) is 1. The molecule has 1 heterocycles. The number of carbonyl (C=O) groups is 1. The Kier molecular flexibility index (Phi) is 4.84. The summed E-state index contributed by atoms with van der Waals surface area (Å²) in [6, 6.07) is 13.1. The van der Waals surface area contributed by atoms with Gasteiger partial charge in [-0.1, -0.05) is 29.3 Å². The maximum absolute atomic E-state index is 12.5. The number of hydrogen-bond acceptors (Lipinski definition) is 3. The van der Waals surface area contributed by atoms with E-state index in [2.05, 4.69) is 10.2 Å². The monoisotopic (exact) mass is 330 g/mol. The van der Waals surface area contributed by atoms with Crippen LogP contribution in [0.2, 0.25) is 5.02 Å². The van der Waals surface area contributed by atoms with E-state index in [1.807, 2.05) is 43.3 Å². The van der Waals surface area contributed by atoms with Crippen LogP contribution in [0, 0.1) is 6.92 Å². The summed E-state index contributed by atoms with van der Waals surface area (Å²) in [7, 11) is 0. The molecule has 1 saturated heterocycles. The standard InChI is InChI=1S/C18H19ClN2O2/c1-13-2-4-14(5-3-13)18(22)20-16-12-15(19)6-7-17(16)21-8-10-23-11-9-21/h2-7,12H,8-11H2,1H3,(H,20,22). The van der Waals surface area contributed by atoms with Crippen LogP contribution in [-0.4, -0.2) is 32.2 Å². The number of halogens is 1. The average Bonchev–Trinajstić information content (AvgIpc) is 2.56. The van der Waals surface area contributed by atoms with E-state index in [1.165, 1.54) is 0 Å². The topological polar surface area (TPSA) is 41.6 Å². The Morgan fingerprint density at radius 2 is 1.83 bits per heavy atom. The van der Waals surface area contributed by atoms with Gasteiger partial charge < -0.3 is 15.0 Å². The SMILES string of the molecule is Cc1ccc(C(=O)Nc2cc(Cl)ccc2N2CCOCC2)cc1. The summed E-state index contributed by atoms with van der Waals surface area (Å²) in [5.41, 5.74) is 3.45. The third kappa shape index (κ3) is 3.84. The lowest BCUT2D eigenvalue weighted by Crippen LogP contribution is -2.36. The highest BCUT2D eigenvalue weighted by atomic mass is 35.5. The van der Waals surface area contributed by atoms with Crippen molar-refractivity contribution in [3.8, 4) is 0 Å². The second-order valence-corrected chi connectivity index (χ2v) is 6.02. The minimum atomic E-state index is -0.137. The molecule has 0 aliphatic carbocycles. The molecule has 1 N–H and O–H groups in total. The second kappa shape index (κ2) is 7.02. The zero-order chi connectivity index (χ0) is 16.2. The van der Waals surface area contributed by atoms with Gasteiger partial charge in [0.25, 0.3) is 5.91 Å². The highest BCUT2D eigenvalue weighted by molar-refractivity contribution is 6.31. The molecule has 1 aliphatic rings. The van der Waals surface area contributed by atoms with E-state index < -0.39 is 0 Å². The molecular weight excluding hydrogens is 312 g/mol. The third-order valence-electron chi connectivity index (χ3n) is 3.87. The fourth-order valence-electron chi connectivity index (χ4n) is 2.59. The summed E-state index contributed by atoms with van der Waals surface area (Å²) in [6.45, 7) is 4.97. The molecular formula is C18H19ClN2O2. The van der Waals surface area contributed by atoms with Crippen LogP contribution in [0.15, 0.2) is 42.5 Å². The van der Waals surface area contributed by atoms with Gasteiger partial charge in [0.1, 0.15) is 0 Å². The predicted molar refractivity (Wildman–Crippen MR) is 93.6 cm³/mol. The van der Waals surface area contributed by atoms with Crippen LogP contribution in [0.5, 0.6) is 0 Å². The van der Waals surface area contributed by atoms with Crippen LogP contribution >= 0.6 is 11.6 Å². The minimum Gasteiger partial charge on any atom is -0.378 e. The summed E-state index contributed by atoms with van der Waals surface area (Å²) < 4.78 is 5.39. The van der Waals surface area contributed by atoms with Gasteiger partial charge >= 0.3 is 0 Å². The van der Waals surface area contributed by atoms with Crippen molar-refractivity contribution in [3.05, 3.63) is 58.6 Å². The van der Waals surface area contributed by atoms with Gasteiger partial charge in [0.15, 0.2) is 0 Å². The van der Waals surface area contributed by atoms with E-state index in [4.69, 9.17) is 16.3 Å². The van der Waals surface area contributed by atoms with E-state index in [0.717, 1.165) is 30.0 Å². The number of amides is 1. The van der Waals surface area contributed by atoms with Crippen molar-refractivity contribution in [1.82, 2.24) is 0 Å². The Balaban J connectivity index is 1.84. The van der Waals surface area contributed by atoms with E-state index in [1.54, 1.807) is 6.07 Å². The molecule has 0 radical (unpaired) electrons. The zero-order valence-corrected chi connectivity index (χ0v) is 13.8. The number of carbonyl (C=O) groups excluding carboxylic acids is 1. The lowest BCUT2D eigenvalue weighted by atomic mass is 10.1. The van der Waals surface area contributed by atoms with Crippen molar-refractivity contribution >= 4 is 28.9 Å². The number of benzene rings is 2. The van der Waals surface area contributed by atoms with Crippen LogP contribution < -0.4 is 10.2 Å². The number of anilines is 2. The number of nitrogens with one attached hydrogen (secondary N) is 1. The molecule has 120 valence electrons. The van der Waals surface area contributed by atoms with Gasteiger partial charge in [0, 0.05) is 23.7 Å². The molecule has 0 bridgehead atoms. The quantitative estimate of drug-likeness (QED) is 0.932. The van der Waals surface area contributed by atoms with Crippen molar-refractivity contribution in [2.75, 3.05) is 36.5 Å². The Morgan fingerprint density at radius 3 is 2.52 bits per heavy atom. The largest absolute Gasteiger partial charge is 0.378 e.